The van der Waals surface area contributed by atoms with Gasteiger partial charge >= 0.3 is 0 Å². The molecule has 0 fully saturated rings. The van der Waals surface area contributed by atoms with Crippen molar-refractivity contribution in [3.8, 4) is 11.8 Å². The number of hydrogen-bond donors (Lipinski definition) is 1. The second kappa shape index (κ2) is 4.85. The first-order valence-electron chi connectivity index (χ1n) is 5.41. The minimum absolute atomic E-state index is 0.709. The van der Waals surface area contributed by atoms with E-state index < -0.39 is 0 Å². The van der Waals surface area contributed by atoms with Gasteiger partial charge in [-0.25, -0.2) is 0 Å². The maximum absolute atomic E-state index is 5.92. The topological polar surface area (TPSA) is 15.3 Å². The number of rotatable bonds is 0. The van der Waals surface area contributed by atoms with Crippen LogP contribution in [0.4, 0.5) is 0 Å². The van der Waals surface area contributed by atoms with Crippen molar-refractivity contribution < 1.29 is 0 Å². The number of benzene rings is 1. The predicted octanol–water partition coefficient (Wildman–Crippen LogP) is 3.46. The van der Waals surface area contributed by atoms with Crippen molar-refractivity contribution in [1.82, 2.24) is 9.03 Å². The zero-order chi connectivity index (χ0) is 12.4. The van der Waals surface area contributed by atoms with Gasteiger partial charge in [-0.05, 0) is 30.4 Å². The first kappa shape index (κ1) is 11.3. The normalized spacial score (nSPS) is 16.2. The quantitative estimate of drug-likeness (QED) is 0.575. The summed E-state index contributed by atoms with van der Waals surface area (Å²) in [5.41, 5.74) is 3.02. The van der Waals surface area contributed by atoms with Gasteiger partial charge in [-0.1, -0.05) is 29.5 Å². The molecule has 0 radical (unpaired) electrons. The Hall–Kier alpha value is -1.76. The standard InChI is InChI=1S/C14H9ClN2S/c15-13-3-1-2-11(8-13)4-5-12-6-7-17-14(9-12)10-16-18-17/h1-3,6-10,16H. The molecular formula is C14H9ClN2S. The highest BCUT2D eigenvalue weighted by Gasteiger charge is 2.14. The zero-order valence-electron chi connectivity index (χ0n) is 9.35. The van der Waals surface area contributed by atoms with Gasteiger partial charge in [-0.2, -0.15) is 0 Å². The molecule has 0 bridgehead atoms. The lowest BCUT2D eigenvalue weighted by Gasteiger charge is -2.14. The van der Waals surface area contributed by atoms with Crippen molar-refractivity contribution in [2.24, 2.45) is 0 Å². The molecule has 2 aliphatic rings. The third-order valence-corrected chi connectivity index (χ3v) is 3.47. The highest BCUT2D eigenvalue weighted by molar-refractivity contribution is 7.95. The monoisotopic (exact) mass is 272 g/mol. The highest BCUT2D eigenvalue weighted by Crippen LogP contribution is 2.27. The summed E-state index contributed by atoms with van der Waals surface area (Å²) in [6.45, 7) is 0. The lowest BCUT2D eigenvalue weighted by atomic mass is 10.1. The Kier molecular flexibility index (Phi) is 3.06. The lowest BCUT2D eigenvalue weighted by Crippen LogP contribution is -2.05. The molecule has 0 aliphatic carbocycles. The van der Waals surface area contributed by atoms with Crippen LogP contribution in [0.25, 0.3) is 0 Å². The van der Waals surface area contributed by atoms with Gasteiger partial charge in [-0.3, -0.25) is 4.31 Å². The van der Waals surface area contributed by atoms with Crippen LogP contribution >= 0.6 is 23.7 Å². The molecule has 4 heteroatoms. The molecule has 18 heavy (non-hydrogen) atoms. The van der Waals surface area contributed by atoms with Gasteiger partial charge in [-0.15, -0.1) is 0 Å². The van der Waals surface area contributed by atoms with Crippen LogP contribution in [-0.2, 0) is 0 Å². The van der Waals surface area contributed by atoms with Crippen LogP contribution in [0.15, 0.2) is 60.1 Å². The maximum atomic E-state index is 5.92. The number of halogens is 1. The summed E-state index contributed by atoms with van der Waals surface area (Å²) >= 11 is 7.45. The Bertz CT molecular complexity index is 635. The molecule has 1 N–H and O–H groups in total. The fourth-order valence-electron chi connectivity index (χ4n) is 1.63. The largest absolute Gasteiger partial charge is 0.316 e. The van der Waals surface area contributed by atoms with Crippen molar-refractivity contribution in [3.05, 3.63) is 70.7 Å². The first-order chi connectivity index (χ1) is 8.81. The van der Waals surface area contributed by atoms with Gasteiger partial charge in [0.25, 0.3) is 0 Å². The fourth-order valence-corrected chi connectivity index (χ4v) is 2.44. The lowest BCUT2D eigenvalue weighted by molar-refractivity contribution is 0.804. The summed E-state index contributed by atoms with van der Waals surface area (Å²) in [4.78, 5) is 0. The molecule has 2 nitrogen and oxygen atoms in total. The molecule has 0 spiro atoms. The summed E-state index contributed by atoms with van der Waals surface area (Å²) in [5, 5.41) is 0.709. The third kappa shape index (κ3) is 2.40. The summed E-state index contributed by atoms with van der Waals surface area (Å²) in [7, 11) is 0. The summed E-state index contributed by atoms with van der Waals surface area (Å²) in [6.07, 6.45) is 7.99. The first-order valence-corrected chi connectivity index (χ1v) is 6.56. The Labute approximate surface area is 115 Å². The molecule has 0 aromatic heterocycles. The number of nitrogens with zero attached hydrogens (tertiary/aromatic N) is 1. The fraction of sp³-hybridized carbons (Fsp3) is 0. The maximum Gasteiger partial charge on any atom is 0.0726 e. The molecule has 2 aliphatic heterocycles. The molecule has 0 atom stereocenters. The third-order valence-electron chi connectivity index (χ3n) is 2.48. The number of nitrogens with one attached hydrogen (secondary N) is 1. The van der Waals surface area contributed by atoms with Crippen molar-refractivity contribution in [1.29, 1.82) is 0 Å². The second-order valence-corrected chi connectivity index (χ2v) is 5.03. The molecule has 3 rings (SSSR count). The van der Waals surface area contributed by atoms with Crippen LogP contribution in [0.3, 0.4) is 0 Å². The number of allylic oxidation sites excluding steroid dienone is 3. The molecule has 0 saturated carbocycles. The van der Waals surface area contributed by atoms with Gasteiger partial charge in [0, 0.05) is 28.6 Å². The summed E-state index contributed by atoms with van der Waals surface area (Å²) < 4.78 is 5.13. The molecule has 1 aromatic rings. The summed E-state index contributed by atoms with van der Waals surface area (Å²) in [5.74, 6) is 6.25. The van der Waals surface area contributed by atoms with Crippen LogP contribution in [0.2, 0.25) is 5.02 Å². The molecule has 0 amide bonds. The van der Waals surface area contributed by atoms with E-state index in [2.05, 4.69) is 16.6 Å². The Morgan fingerprint density at radius 3 is 3.11 bits per heavy atom. The van der Waals surface area contributed by atoms with E-state index in [1.54, 1.807) is 0 Å². The van der Waals surface area contributed by atoms with Gasteiger partial charge in [0.1, 0.15) is 0 Å². The average Bonchev–Trinajstić information content (AvgIpc) is 2.84. The van der Waals surface area contributed by atoms with Crippen molar-refractivity contribution in [2.45, 2.75) is 0 Å². The molecule has 88 valence electrons. The Morgan fingerprint density at radius 2 is 2.22 bits per heavy atom. The minimum atomic E-state index is 0.709. The van der Waals surface area contributed by atoms with E-state index in [1.165, 1.54) is 12.1 Å². The van der Waals surface area contributed by atoms with Crippen LogP contribution in [0.1, 0.15) is 5.56 Å². The van der Waals surface area contributed by atoms with Crippen LogP contribution < -0.4 is 4.72 Å². The van der Waals surface area contributed by atoms with E-state index in [4.69, 9.17) is 11.6 Å². The Morgan fingerprint density at radius 1 is 1.28 bits per heavy atom. The molecule has 1 aromatic carbocycles. The van der Waals surface area contributed by atoms with Gasteiger partial charge in [0.05, 0.1) is 17.8 Å². The van der Waals surface area contributed by atoms with Gasteiger partial charge in [0.15, 0.2) is 0 Å². The zero-order valence-corrected chi connectivity index (χ0v) is 10.9. The van der Waals surface area contributed by atoms with E-state index in [-0.39, 0.29) is 0 Å². The van der Waals surface area contributed by atoms with E-state index in [9.17, 15) is 0 Å². The molecule has 0 saturated heterocycles. The Balaban J connectivity index is 1.84. The van der Waals surface area contributed by atoms with Crippen LogP contribution in [0, 0.1) is 11.8 Å². The molecule has 0 unspecified atom stereocenters. The highest BCUT2D eigenvalue weighted by atomic mass is 35.5. The molecule has 2 heterocycles. The van der Waals surface area contributed by atoms with Crippen molar-refractivity contribution in [3.63, 3.8) is 0 Å². The van der Waals surface area contributed by atoms with E-state index in [0.717, 1.165) is 16.8 Å². The predicted molar refractivity (Wildman–Crippen MR) is 76.2 cm³/mol. The second-order valence-electron chi connectivity index (χ2n) is 3.78. The van der Waals surface area contributed by atoms with Crippen molar-refractivity contribution in [2.75, 3.05) is 0 Å². The van der Waals surface area contributed by atoms with Crippen molar-refractivity contribution >= 4 is 23.7 Å². The van der Waals surface area contributed by atoms with Gasteiger partial charge in [0.2, 0.25) is 0 Å². The van der Waals surface area contributed by atoms with Gasteiger partial charge < -0.3 is 4.72 Å². The summed E-state index contributed by atoms with van der Waals surface area (Å²) in [6, 6.07) is 7.56. The van der Waals surface area contributed by atoms with E-state index >= 15 is 0 Å². The van der Waals surface area contributed by atoms with Crippen LogP contribution in [-0.4, -0.2) is 4.31 Å². The van der Waals surface area contributed by atoms with E-state index in [0.29, 0.717) is 5.02 Å². The minimum Gasteiger partial charge on any atom is -0.316 e. The van der Waals surface area contributed by atoms with E-state index in [1.807, 2.05) is 53.1 Å². The SMILES string of the molecule is Clc1cccc(C#CC2=CC3=CNSN3C=C2)c1. The van der Waals surface area contributed by atoms with Crippen LogP contribution in [0.5, 0.6) is 0 Å². The number of fused-ring (bicyclic) bond motifs is 1. The number of hydrogen-bond acceptors (Lipinski definition) is 3. The molecular weight excluding hydrogens is 264 g/mol. The average molecular weight is 273 g/mol. The smallest absolute Gasteiger partial charge is 0.0726 e.